The smallest absolute Gasteiger partial charge is 0.340 e. The van der Waals surface area contributed by atoms with Gasteiger partial charge in [0, 0.05) is 35.9 Å². The standard InChI is InChI=1S/C21H20N2O6/c1-27-13-9-12(10-14(11-13)28-2)22-19(25)17-7-8-18(24)23(17)20-15-5-3-4-6-16(15)21(26)29-20/h3-6,9-11,17,20H,7-8H2,1-2H3,(H,22,25). The summed E-state index contributed by atoms with van der Waals surface area (Å²) >= 11 is 0. The lowest BCUT2D eigenvalue weighted by molar-refractivity contribution is -0.144. The van der Waals surface area contributed by atoms with Gasteiger partial charge in [-0.05, 0) is 12.5 Å². The Labute approximate surface area is 167 Å². The monoisotopic (exact) mass is 396 g/mol. The second-order valence-electron chi connectivity index (χ2n) is 6.79. The summed E-state index contributed by atoms with van der Waals surface area (Å²) < 4.78 is 15.9. The molecular formula is C21H20N2O6. The van der Waals surface area contributed by atoms with E-state index < -0.39 is 18.2 Å². The van der Waals surface area contributed by atoms with Crippen LogP contribution in [-0.2, 0) is 14.3 Å². The molecule has 0 saturated carbocycles. The third-order valence-corrected chi connectivity index (χ3v) is 5.10. The molecular weight excluding hydrogens is 376 g/mol. The average molecular weight is 396 g/mol. The van der Waals surface area contributed by atoms with Crippen molar-refractivity contribution in [3.63, 3.8) is 0 Å². The Balaban J connectivity index is 1.59. The molecule has 2 unspecified atom stereocenters. The SMILES string of the molecule is COc1cc(NC(=O)C2CCC(=O)N2C2OC(=O)c3ccccc32)cc(OC)c1. The molecule has 0 spiro atoms. The topological polar surface area (TPSA) is 94.2 Å². The number of rotatable bonds is 5. The molecule has 2 aromatic rings. The molecule has 8 heteroatoms. The number of ether oxygens (including phenoxy) is 3. The number of methoxy groups -OCH3 is 2. The number of carbonyl (C=O) groups excluding carboxylic acids is 3. The molecule has 1 fully saturated rings. The zero-order valence-electron chi connectivity index (χ0n) is 16.0. The average Bonchev–Trinajstić information content (AvgIpc) is 3.27. The zero-order valence-corrected chi connectivity index (χ0v) is 16.0. The minimum absolute atomic E-state index is 0.204. The molecule has 2 aliphatic heterocycles. The van der Waals surface area contributed by atoms with Crippen molar-refractivity contribution >= 4 is 23.5 Å². The molecule has 2 aromatic carbocycles. The predicted molar refractivity (Wildman–Crippen MR) is 103 cm³/mol. The molecule has 1 saturated heterocycles. The highest BCUT2D eigenvalue weighted by Gasteiger charge is 2.46. The second-order valence-corrected chi connectivity index (χ2v) is 6.79. The van der Waals surface area contributed by atoms with Crippen LogP contribution in [0.3, 0.4) is 0 Å². The van der Waals surface area contributed by atoms with Gasteiger partial charge in [-0.25, -0.2) is 4.79 Å². The number of cyclic esters (lactones) is 1. The van der Waals surface area contributed by atoms with Crippen molar-refractivity contribution in [1.29, 1.82) is 0 Å². The molecule has 150 valence electrons. The van der Waals surface area contributed by atoms with E-state index in [0.29, 0.717) is 34.7 Å². The number of nitrogens with zero attached hydrogens (tertiary/aromatic N) is 1. The number of hydrogen-bond donors (Lipinski definition) is 1. The molecule has 29 heavy (non-hydrogen) atoms. The number of nitrogens with one attached hydrogen (secondary N) is 1. The highest BCUT2D eigenvalue weighted by atomic mass is 16.6. The van der Waals surface area contributed by atoms with E-state index in [4.69, 9.17) is 14.2 Å². The maximum Gasteiger partial charge on any atom is 0.340 e. The van der Waals surface area contributed by atoms with Gasteiger partial charge in [0.15, 0.2) is 0 Å². The Morgan fingerprint density at radius 2 is 1.79 bits per heavy atom. The first-order valence-electron chi connectivity index (χ1n) is 9.17. The molecule has 2 amide bonds. The van der Waals surface area contributed by atoms with Crippen molar-refractivity contribution in [3.8, 4) is 11.5 Å². The largest absolute Gasteiger partial charge is 0.497 e. The van der Waals surface area contributed by atoms with Crippen LogP contribution < -0.4 is 14.8 Å². The number of carbonyl (C=O) groups is 3. The summed E-state index contributed by atoms with van der Waals surface area (Å²) in [6.07, 6.45) is -0.359. The van der Waals surface area contributed by atoms with Crippen LogP contribution in [0, 0.1) is 0 Å². The fourth-order valence-corrected chi connectivity index (χ4v) is 3.69. The van der Waals surface area contributed by atoms with Crippen LogP contribution in [0.1, 0.15) is 35.0 Å². The van der Waals surface area contributed by atoms with E-state index in [0.717, 1.165) is 0 Å². The Kier molecular flexibility index (Phi) is 4.84. The van der Waals surface area contributed by atoms with Gasteiger partial charge < -0.3 is 19.5 Å². The van der Waals surface area contributed by atoms with Crippen LogP contribution in [-0.4, -0.2) is 42.9 Å². The van der Waals surface area contributed by atoms with Gasteiger partial charge in [-0.3, -0.25) is 14.5 Å². The molecule has 4 rings (SSSR count). The Morgan fingerprint density at radius 3 is 2.48 bits per heavy atom. The van der Waals surface area contributed by atoms with Crippen molar-refractivity contribution in [3.05, 3.63) is 53.6 Å². The van der Waals surface area contributed by atoms with Crippen LogP contribution in [0.5, 0.6) is 11.5 Å². The summed E-state index contributed by atoms with van der Waals surface area (Å²) in [5.41, 5.74) is 1.48. The third kappa shape index (κ3) is 3.37. The number of benzene rings is 2. The lowest BCUT2D eigenvalue weighted by Gasteiger charge is -2.29. The summed E-state index contributed by atoms with van der Waals surface area (Å²) in [7, 11) is 3.03. The van der Waals surface area contributed by atoms with E-state index in [9.17, 15) is 14.4 Å². The van der Waals surface area contributed by atoms with Crippen molar-refractivity contribution in [2.75, 3.05) is 19.5 Å². The Morgan fingerprint density at radius 1 is 1.10 bits per heavy atom. The van der Waals surface area contributed by atoms with Gasteiger partial charge in [-0.15, -0.1) is 0 Å². The van der Waals surface area contributed by atoms with Gasteiger partial charge in [0.2, 0.25) is 18.0 Å². The molecule has 2 heterocycles. The van der Waals surface area contributed by atoms with Gasteiger partial charge in [0.05, 0.1) is 19.8 Å². The number of hydrogen-bond acceptors (Lipinski definition) is 6. The van der Waals surface area contributed by atoms with Crippen molar-refractivity contribution in [2.45, 2.75) is 25.1 Å². The van der Waals surface area contributed by atoms with Crippen LogP contribution in [0.2, 0.25) is 0 Å². The minimum atomic E-state index is -0.899. The quantitative estimate of drug-likeness (QED) is 0.781. The van der Waals surface area contributed by atoms with E-state index in [2.05, 4.69) is 5.32 Å². The molecule has 2 aliphatic rings. The highest BCUT2D eigenvalue weighted by molar-refractivity contribution is 6.00. The van der Waals surface area contributed by atoms with Crippen LogP contribution in [0.25, 0.3) is 0 Å². The van der Waals surface area contributed by atoms with Gasteiger partial charge in [0.25, 0.3) is 0 Å². The first-order valence-corrected chi connectivity index (χ1v) is 9.17. The number of likely N-dealkylation sites (tertiary alicyclic amines) is 1. The number of esters is 1. The molecule has 1 N–H and O–H groups in total. The summed E-state index contributed by atoms with van der Waals surface area (Å²) in [5, 5.41) is 2.81. The second kappa shape index (κ2) is 7.46. The van der Waals surface area contributed by atoms with E-state index in [1.165, 1.54) is 19.1 Å². The van der Waals surface area contributed by atoms with Crippen molar-refractivity contribution in [2.24, 2.45) is 0 Å². The number of fused-ring (bicyclic) bond motifs is 1. The molecule has 8 nitrogen and oxygen atoms in total. The lowest BCUT2D eigenvalue weighted by Crippen LogP contribution is -2.43. The summed E-state index contributed by atoms with van der Waals surface area (Å²) in [6.45, 7) is 0. The first-order chi connectivity index (χ1) is 14.0. The lowest BCUT2D eigenvalue weighted by atomic mass is 10.1. The normalized spacial score (nSPS) is 20.3. The Bertz CT molecular complexity index is 967. The molecule has 0 aliphatic carbocycles. The minimum Gasteiger partial charge on any atom is -0.497 e. The van der Waals surface area contributed by atoms with E-state index in [1.54, 1.807) is 42.5 Å². The van der Waals surface area contributed by atoms with Crippen LogP contribution in [0.4, 0.5) is 5.69 Å². The molecule has 0 radical (unpaired) electrons. The van der Waals surface area contributed by atoms with Gasteiger partial charge in [-0.2, -0.15) is 0 Å². The highest BCUT2D eigenvalue weighted by Crippen LogP contribution is 2.38. The predicted octanol–water partition coefficient (Wildman–Crippen LogP) is 2.50. The third-order valence-electron chi connectivity index (χ3n) is 5.10. The van der Waals surface area contributed by atoms with Crippen molar-refractivity contribution < 1.29 is 28.6 Å². The Hall–Kier alpha value is -3.55. The molecule has 0 bridgehead atoms. The van der Waals surface area contributed by atoms with Crippen LogP contribution >= 0.6 is 0 Å². The maximum atomic E-state index is 13.0. The number of anilines is 1. The van der Waals surface area contributed by atoms with E-state index >= 15 is 0 Å². The molecule has 0 aromatic heterocycles. The molecule has 2 atom stereocenters. The number of amides is 2. The summed E-state index contributed by atoms with van der Waals surface area (Å²) in [5.74, 6) is -0.0493. The fraction of sp³-hybridized carbons (Fsp3) is 0.286. The van der Waals surface area contributed by atoms with Gasteiger partial charge >= 0.3 is 5.97 Å². The first kappa shape index (κ1) is 18.8. The summed E-state index contributed by atoms with van der Waals surface area (Å²) in [4.78, 5) is 39.1. The maximum absolute atomic E-state index is 13.0. The van der Waals surface area contributed by atoms with E-state index in [-0.39, 0.29) is 18.2 Å². The fourth-order valence-electron chi connectivity index (χ4n) is 3.69. The van der Waals surface area contributed by atoms with Gasteiger partial charge in [-0.1, -0.05) is 18.2 Å². The van der Waals surface area contributed by atoms with Gasteiger partial charge in [0.1, 0.15) is 17.5 Å². The van der Waals surface area contributed by atoms with Crippen LogP contribution in [0.15, 0.2) is 42.5 Å². The summed E-state index contributed by atoms with van der Waals surface area (Å²) in [6, 6.07) is 11.1. The van der Waals surface area contributed by atoms with E-state index in [1.807, 2.05) is 0 Å². The van der Waals surface area contributed by atoms with Crippen molar-refractivity contribution in [1.82, 2.24) is 4.90 Å². The zero-order chi connectivity index (χ0) is 20.5.